The summed E-state index contributed by atoms with van der Waals surface area (Å²) in [4.78, 5) is 1.31. The molecule has 0 aromatic heterocycles. The van der Waals surface area contributed by atoms with Crippen molar-refractivity contribution in [3.05, 3.63) is 28.2 Å². The van der Waals surface area contributed by atoms with Crippen LogP contribution >= 0.6 is 27.7 Å². The first-order valence-corrected chi connectivity index (χ1v) is 7.46. The molecule has 1 nitrogen and oxygen atoms in total. The SMILES string of the molecule is CC(C)CCSc1ccc([C@@H](C)N)cc1Br. The Morgan fingerprint density at radius 3 is 2.50 bits per heavy atom. The molecule has 0 radical (unpaired) electrons. The summed E-state index contributed by atoms with van der Waals surface area (Å²) in [6.07, 6.45) is 1.26. The van der Waals surface area contributed by atoms with Crippen LogP contribution in [-0.4, -0.2) is 5.75 Å². The Balaban J connectivity index is 2.61. The van der Waals surface area contributed by atoms with Crippen molar-refractivity contribution in [3.63, 3.8) is 0 Å². The van der Waals surface area contributed by atoms with Gasteiger partial charge < -0.3 is 5.73 Å². The van der Waals surface area contributed by atoms with E-state index in [9.17, 15) is 0 Å². The Kier molecular flexibility index (Phi) is 5.87. The minimum Gasteiger partial charge on any atom is -0.324 e. The van der Waals surface area contributed by atoms with Crippen molar-refractivity contribution in [1.29, 1.82) is 0 Å². The third-order valence-electron chi connectivity index (χ3n) is 2.43. The van der Waals surface area contributed by atoms with Crippen molar-refractivity contribution >= 4 is 27.7 Å². The van der Waals surface area contributed by atoms with Crippen molar-refractivity contribution < 1.29 is 0 Å². The molecular formula is C13H20BrNS. The van der Waals surface area contributed by atoms with Gasteiger partial charge in [-0.05, 0) is 58.6 Å². The predicted octanol–water partition coefficient (Wildman–Crippen LogP) is 4.61. The van der Waals surface area contributed by atoms with E-state index < -0.39 is 0 Å². The average molecular weight is 302 g/mol. The molecule has 1 rings (SSSR count). The minimum atomic E-state index is 0.103. The molecule has 0 fully saturated rings. The molecule has 0 aliphatic rings. The first kappa shape index (κ1) is 14.1. The molecule has 1 aromatic rings. The summed E-state index contributed by atoms with van der Waals surface area (Å²) >= 11 is 5.51. The molecule has 0 saturated carbocycles. The maximum Gasteiger partial charge on any atom is 0.0314 e. The molecule has 0 aliphatic heterocycles. The second-order valence-electron chi connectivity index (χ2n) is 4.51. The fourth-order valence-corrected chi connectivity index (χ4v) is 3.23. The molecule has 90 valence electrons. The number of benzene rings is 1. The predicted molar refractivity (Wildman–Crippen MR) is 76.9 cm³/mol. The van der Waals surface area contributed by atoms with Gasteiger partial charge in [-0.1, -0.05) is 19.9 Å². The largest absolute Gasteiger partial charge is 0.324 e. The summed E-state index contributed by atoms with van der Waals surface area (Å²) in [5, 5.41) is 0. The Morgan fingerprint density at radius 2 is 2.00 bits per heavy atom. The van der Waals surface area contributed by atoms with Gasteiger partial charge in [-0.25, -0.2) is 0 Å². The highest BCUT2D eigenvalue weighted by Crippen LogP contribution is 2.30. The van der Waals surface area contributed by atoms with Gasteiger partial charge in [0.1, 0.15) is 0 Å². The highest BCUT2D eigenvalue weighted by Gasteiger charge is 2.05. The highest BCUT2D eigenvalue weighted by molar-refractivity contribution is 9.10. The van der Waals surface area contributed by atoms with Crippen molar-refractivity contribution in [2.75, 3.05) is 5.75 Å². The van der Waals surface area contributed by atoms with Crippen LogP contribution in [0.4, 0.5) is 0 Å². The van der Waals surface area contributed by atoms with Crippen LogP contribution in [0.3, 0.4) is 0 Å². The lowest BCUT2D eigenvalue weighted by Crippen LogP contribution is -2.04. The summed E-state index contributed by atoms with van der Waals surface area (Å²) in [6, 6.07) is 6.51. The van der Waals surface area contributed by atoms with E-state index in [2.05, 4.69) is 48.0 Å². The van der Waals surface area contributed by atoms with Crippen LogP contribution in [0.15, 0.2) is 27.6 Å². The third-order valence-corrected chi connectivity index (χ3v) is 4.46. The lowest BCUT2D eigenvalue weighted by atomic mass is 10.1. The van der Waals surface area contributed by atoms with Crippen LogP contribution in [0.25, 0.3) is 0 Å². The van der Waals surface area contributed by atoms with E-state index in [1.165, 1.54) is 22.6 Å². The first-order valence-electron chi connectivity index (χ1n) is 5.68. The van der Waals surface area contributed by atoms with E-state index in [0.29, 0.717) is 0 Å². The van der Waals surface area contributed by atoms with Crippen LogP contribution in [0.5, 0.6) is 0 Å². The third kappa shape index (κ3) is 4.48. The topological polar surface area (TPSA) is 26.0 Å². The number of hydrogen-bond acceptors (Lipinski definition) is 2. The van der Waals surface area contributed by atoms with Crippen molar-refractivity contribution in [2.24, 2.45) is 11.7 Å². The van der Waals surface area contributed by atoms with Crippen molar-refractivity contribution in [2.45, 2.75) is 38.1 Å². The zero-order valence-corrected chi connectivity index (χ0v) is 12.6. The van der Waals surface area contributed by atoms with Gasteiger partial charge >= 0.3 is 0 Å². The number of halogens is 1. The lowest BCUT2D eigenvalue weighted by molar-refractivity contribution is 0.632. The van der Waals surface area contributed by atoms with Gasteiger partial charge in [-0.3, -0.25) is 0 Å². The molecule has 0 spiro atoms. The molecule has 0 heterocycles. The van der Waals surface area contributed by atoms with Gasteiger partial charge in [-0.15, -0.1) is 11.8 Å². The maximum absolute atomic E-state index is 5.84. The number of rotatable bonds is 5. The Labute approximate surface area is 111 Å². The normalized spacial score (nSPS) is 13.1. The quantitative estimate of drug-likeness (QED) is 0.804. The van der Waals surface area contributed by atoms with Gasteiger partial charge in [0.25, 0.3) is 0 Å². The number of hydrogen-bond donors (Lipinski definition) is 1. The van der Waals surface area contributed by atoms with Gasteiger partial charge in [0.15, 0.2) is 0 Å². The van der Waals surface area contributed by atoms with Gasteiger partial charge in [0.05, 0.1) is 0 Å². The number of nitrogens with two attached hydrogens (primary N) is 1. The van der Waals surface area contributed by atoms with E-state index in [-0.39, 0.29) is 6.04 Å². The van der Waals surface area contributed by atoms with Crippen LogP contribution in [0.1, 0.15) is 38.8 Å². The van der Waals surface area contributed by atoms with Gasteiger partial charge in [0.2, 0.25) is 0 Å². The van der Waals surface area contributed by atoms with E-state index in [1.54, 1.807) is 0 Å². The number of thioether (sulfide) groups is 1. The van der Waals surface area contributed by atoms with Crippen LogP contribution in [0, 0.1) is 5.92 Å². The molecule has 16 heavy (non-hydrogen) atoms. The zero-order valence-electron chi connectivity index (χ0n) is 10.2. The molecule has 0 aliphatic carbocycles. The van der Waals surface area contributed by atoms with E-state index in [0.717, 1.165) is 10.4 Å². The minimum absolute atomic E-state index is 0.103. The van der Waals surface area contributed by atoms with Gasteiger partial charge in [0, 0.05) is 15.4 Å². The Hall–Kier alpha value is 0.01000. The molecule has 1 atom stereocenters. The summed E-state index contributed by atoms with van der Waals surface area (Å²) in [5.74, 6) is 1.95. The molecule has 3 heteroatoms. The summed E-state index contributed by atoms with van der Waals surface area (Å²) in [6.45, 7) is 6.52. The van der Waals surface area contributed by atoms with Crippen LogP contribution < -0.4 is 5.73 Å². The molecule has 1 aromatic carbocycles. The van der Waals surface area contributed by atoms with Crippen LogP contribution in [0.2, 0.25) is 0 Å². The molecule has 0 amide bonds. The molecule has 0 saturated heterocycles. The molecular weight excluding hydrogens is 282 g/mol. The molecule has 0 unspecified atom stereocenters. The summed E-state index contributed by atoms with van der Waals surface area (Å²) in [5.41, 5.74) is 7.03. The van der Waals surface area contributed by atoms with E-state index >= 15 is 0 Å². The summed E-state index contributed by atoms with van der Waals surface area (Å²) < 4.78 is 1.16. The van der Waals surface area contributed by atoms with E-state index in [4.69, 9.17) is 5.73 Å². The van der Waals surface area contributed by atoms with Crippen LogP contribution in [-0.2, 0) is 0 Å². The highest BCUT2D eigenvalue weighted by atomic mass is 79.9. The first-order chi connectivity index (χ1) is 7.50. The molecule has 0 bridgehead atoms. The smallest absolute Gasteiger partial charge is 0.0314 e. The second-order valence-corrected chi connectivity index (χ2v) is 6.50. The summed E-state index contributed by atoms with van der Waals surface area (Å²) in [7, 11) is 0. The fraction of sp³-hybridized carbons (Fsp3) is 0.538. The van der Waals surface area contributed by atoms with Crippen molar-refractivity contribution in [1.82, 2.24) is 0 Å². The average Bonchev–Trinajstić information content (AvgIpc) is 2.19. The Bertz CT molecular complexity index is 337. The zero-order chi connectivity index (χ0) is 12.1. The second kappa shape index (κ2) is 6.67. The molecule has 2 N–H and O–H groups in total. The standard InChI is InChI=1S/C13H20BrNS/c1-9(2)6-7-16-13-5-4-11(10(3)15)8-12(13)14/h4-5,8-10H,6-7,15H2,1-3H3/t10-/m1/s1. The van der Waals surface area contributed by atoms with E-state index in [1.807, 2.05) is 18.7 Å². The lowest BCUT2D eigenvalue weighted by Gasteiger charge is -2.10. The monoisotopic (exact) mass is 301 g/mol. The van der Waals surface area contributed by atoms with Gasteiger partial charge in [-0.2, -0.15) is 0 Å². The fourth-order valence-electron chi connectivity index (χ4n) is 1.32. The maximum atomic E-state index is 5.84. The Morgan fingerprint density at radius 1 is 1.31 bits per heavy atom. The van der Waals surface area contributed by atoms with Crippen molar-refractivity contribution in [3.8, 4) is 0 Å².